The van der Waals surface area contributed by atoms with E-state index in [0.29, 0.717) is 16.4 Å². The van der Waals surface area contributed by atoms with Gasteiger partial charge in [-0.1, -0.05) is 11.6 Å². The lowest BCUT2D eigenvalue weighted by molar-refractivity contribution is 0.603. The molecule has 0 aliphatic heterocycles. The number of nitrogens with zero attached hydrogens (tertiary/aromatic N) is 3. The zero-order valence-electron chi connectivity index (χ0n) is 9.26. The predicted octanol–water partition coefficient (Wildman–Crippen LogP) is 0.603. The van der Waals surface area contributed by atoms with Gasteiger partial charge in [0.2, 0.25) is 0 Å². The summed E-state index contributed by atoms with van der Waals surface area (Å²) in [5, 5.41) is 4.78. The van der Waals surface area contributed by atoms with E-state index in [2.05, 4.69) is 15.5 Å². The third-order valence-corrected chi connectivity index (χ3v) is 2.63. The number of nitrogens with one attached hydrogen (secondary N) is 1. The summed E-state index contributed by atoms with van der Waals surface area (Å²) in [5.41, 5.74) is 9.93. The Morgan fingerprint density at radius 1 is 1.53 bits per heavy atom. The first-order valence-corrected chi connectivity index (χ1v) is 5.36. The Labute approximate surface area is 104 Å². The van der Waals surface area contributed by atoms with E-state index in [-0.39, 0.29) is 6.04 Å². The van der Waals surface area contributed by atoms with Gasteiger partial charge >= 0.3 is 0 Å². The van der Waals surface area contributed by atoms with Crippen molar-refractivity contribution in [3.63, 3.8) is 0 Å². The third-order valence-electron chi connectivity index (χ3n) is 2.42. The van der Waals surface area contributed by atoms with Gasteiger partial charge in [0.25, 0.3) is 0 Å². The van der Waals surface area contributed by atoms with Crippen LogP contribution in [0.1, 0.15) is 17.3 Å². The Morgan fingerprint density at radius 2 is 2.29 bits per heavy atom. The molecule has 1 unspecified atom stereocenters. The van der Waals surface area contributed by atoms with Crippen LogP contribution in [-0.2, 0) is 7.05 Å². The van der Waals surface area contributed by atoms with Gasteiger partial charge in [0.15, 0.2) is 0 Å². The molecule has 0 spiro atoms. The average molecular weight is 253 g/mol. The van der Waals surface area contributed by atoms with E-state index < -0.39 is 0 Å². The van der Waals surface area contributed by atoms with Crippen molar-refractivity contribution in [1.82, 2.24) is 20.2 Å². The Balaban J connectivity index is 2.45. The monoisotopic (exact) mass is 252 g/mol. The minimum Gasteiger partial charge on any atom is -0.383 e. The van der Waals surface area contributed by atoms with Gasteiger partial charge in [0.05, 0.1) is 16.8 Å². The highest BCUT2D eigenvalue weighted by Gasteiger charge is 2.18. The van der Waals surface area contributed by atoms with Crippen LogP contribution in [0.5, 0.6) is 0 Å². The highest BCUT2D eigenvalue weighted by atomic mass is 35.5. The van der Waals surface area contributed by atoms with Crippen molar-refractivity contribution >= 4 is 17.4 Å². The van der Waals surface area contributed by atoms with Crippen molar-refractivity contribution in [3.8, 4) is 0 Å². The SMILES string of the molecule is Cn1ccc(C(NN)c2cc(Cl)cnc2N)n1. The van der Waals surface area contributed by atoms with Crippen molar-refractivity contribution in [3.05, 3.63) is 40.8 Å². The average Bonchev–Trinajstić information content (AvgIpc) is 2.71. The maximum atomic E-state index is 5.90. The van der Waals surface area contributed by atoms with Gasteiger partial charge in [0.1, 0.15) is 5.82 Å². The van der Waals surface area contributed by atoms with E-state index in [9.17, 15) is 0 Å². The maximum Gasteiger partial charge on any atom is 0.128 e. The number of hydrogen-bond acceptors (Lipinski definition) is 5. The van der Waals surface area contributed by atoms with Gasteiger partial charge in [0, 0.05) is 25.0 Å². The molecule has 0 aromatic carbocycles. The molecule has 0 bridgehead atoms. The molecule has 2 aromatic heterocycles. The lowest BCUT2D eigenvalue weighted by Crippen LogP contribution is -2.30. The summed E-state index contributed by atoms with van der Waals surface area (Å²) in [5.74, 6) is 5.92. The quantitative estimate of drug-likeness (QED) is 0.549. The van der Waals surface area contributed by atoms with E-state index in [1.807, 2.05) is 19.3 Å². The number of nitrogen functional groups attached to an aromatic ring is 1. The second kappa shape index (κ2) is 4.70. The highest BCUT2D eigenvalue weighted by Crippen LogP contribution is 2.25. The van der Waals surface area contributed by atoms with Crippen LogP contribution in [0.3, 0.4) is 0 Å². The molecule has 17 heavy (non-hydrogen) atoms. The molecule has 2 rings (SSSR count). The maximum absolute atomic E-state index is 5.90. The number of hydrazine groups is 1. The minimum atomic E-state index is -0.331. The summed E-state index contributed by atoms with van der Waals surface area (Å²) >= 11 is 5.90. The Morgan fingerprint density at radius 3 is 2.88 bits per heavy atom. The van der Waals surface area contributed by atoms with E-state index in [1.165, 1.54) is 6.20 Å². The molecule has 7 heteroatoms. The molecular formula is C10H13ClN6. The summed E-state index contributed by atoms with van der Waals surface area (Å²) in [7, 11) is 1.83. The van der Waals surface area contributed by atoms with Crippen molar-refractivity contribution in [1.29, 1.82) is 0 Å². The Hall–Kier alpha value is -1.63. The molecule has 0 amide bonds. The molecule has 0 saturated heterocycles. The molecule has 0 aliphatic carbocycles. The van der Waals surface area contributed by atoms with E-state index in [4.69, 9.17) is 23.2 Å². The lowest BCUT2D eigenvalue weighted by atomic mass is 10.1. The number of aryl methyl sites for hydroxylation is 1. The Bertz CT molecular complexity index is 523. The molecule has 6 nitrogen and oxygen atoms in total. The molecule has 2 aromatic rings. The molecule has 5 N–H and O–H groups in total. The summed E-state index contributed by atoms with van der Waals surface area (Å²) in [6, 6.07) is 3.25. The lowest BCUT2D eigenvalue weighted by Gasteiger charge is -2.15. The molecule has 0 saturated carbocycles. The fraction of sp³-hybridized carbons (Fsp3) is 0.200. The van der Waals surface area contributed by atoms with Crippen molar-refractivity contribution in [2.24, 2.45) is 12.9 Å². The number of rotatable bonds is 3. The van der Waals surface area contributed by atoms with Gasteiger partial charge in [-0.2, -0.15) is 5.10 Å². The normalized spacial score (nSPS) is 12.6. The molecular weight excluding hydrogens is 240 g/mol. The van der Waals surface area contributed by atoms with Crippen LogP contribution in [0.25, 0.3) is 0 Å². The van der Waals surface area contributed by atoms with Gasteiger partial charge in [-0.3, -0.25) is 10.5 Å². The fourth-order valence-electron chi connectivity index (χ4n) is 1.62. The Kier molecular flexibility index (Phi) is 3.28. The van der Waals surface area contributed by atoms with E-state index in [0.717, 1.165) is 5.69 Å². The van der Waals surface area contributed by atoms with Crippen LogP contribution >= 0.6 is 11.6 Å². The molecule has 1 atom stereocenters. The zero-order valence-corrected chi connectivity index (χ0v) is 10.0. The predicted molar refractivity (Wildman–Crippen MR) is 66.0 cm³/mol. The zero-order chi connectivity index (χ0) is 12.4. The first kappa shape index (κ1) is 11.8. The second-order valence-corrected chi connectivity index (χ2v) is 4.08. The summed E-state index contributed by atoms with van der Waals surface area (Å²) in [6.45, 7) is 0. The molecule has 90 valence electrons. The van der Waals surface area contributed by atoms with Gasteiger partial charge in [-0.25, -0.2) is 10.4 Å². The molecule has 0 aliphatic rings. The first-order chi connectivity index (χ1) is 8.11. The third kappa shape index (κ3) is 2.38. The standard InChI is InChI=1S/C10H13ClN6/c1-17-3-2-8(16-17)9(15-13)7-4-6(11)5-14-10(7)12/h2-5,9,15H,13H2,1H3,(H2,12,14). The van der Waals surface area contributed by atoms with Crippen LogP contribution in [0.2, 0.25) is 5.02 Å². The van der Waals surface area contributed by atoms with Crippen molar-refractivity contribution in [2.75, 3.05) is 5.73 Å². The van der Waals surface area contributed by atoms with Crippen LogP contribution in [0.4, 0.5) is 5.82 Å². The number of halogens is 1. The van der Waals surface area contributed by atoms with Crippen LogP contribution in [0.15, 0.2) is 24.5 Å². The summed E-state index contributed by atoms with van der Waals surface area (Å²) in [6.07, 6.45) is 3.32. The van der Waals surface area contributed by atoms with Crippen LogP contribution in [0, 0.1) is 0 Å². The number of hydrogen-bond donors (Lipinski definition) is 3. The number of nitrogens with two attached hydrogens (primary N) is 2. The summed E-state index contributed by atoms with van der Waals surface area (Å²) in [4.78, 5) is 4.00. The van der Waals surface area contributed by atoms with E-state index in [1.54, 1.807) is 10.7 Å². The number of pyridine rings is 1. The van der Waals surface area contributed by atoms with Gasteiger partial charge in [-0.15, -0.1) is 0 Å². The van der Waals surface area contributed by atoms with Crippen molar-refractivity contribution < 1.29 is 0 Å². The molecule has 0 radical (unpaired) electrons. The van der Waals surface area contributed by atoms with Crippen LogP contribution < -0.4 is 17.0 Å². The van der Waals surface area contributed by atoms with E-state index >= 15 is 0 Å². The molecule has 2 heterocycles. The van der Waals surface area contributed by atoms with Crippen LogP contribution in [-0.4, -0.2) is 14.8 Å². The topological polar surface area (TPSA) is 94.8 Å². The summed E-state index contributed by atoms with van der Waals surface area (Å²) < 4.78 is 1.69. The fourth-order valence-corrected chi connectivity index (χ4v) is 1.78. The number of anilines is 1. The smallest absolute Gasteiger partial charge is 0.128 e. The number of aromatic nitrogens is 3. The molecule has 0 fully saturated rings. The highest BCUT2D eigenvalue weighted by molar-refractivity contribution is 6.30. The van der Waals surface area contributed by atoms with Gasteiger partial charge in [-0.05, 0) is 12.1 Å². The largest absolute Gasteiger partial charge is 0.383 e. The minimum absolute atomic E-state index is 0.331. The first-order valence-electron chi connectivity index (χ1n) is 4.98. The van der Waals surface area contributed by atoms with Crippen molar-refractivity contribution in [2.45, 2.75) is 6.04 Å². The van der Waals surface area contributed by atoms with Gasteiger partial charge < -0.3 is 5.73 Å². The second-order valence-electron chi connectivity index (χ2n) is 3.64.